The summed E-state index contributed by atoms with van der Waals surface area (Å²) in [7, 11) is -3.93. The summed E-state index contributed by atoms with van der Waals surface area (Å²) in [5, 5.41) is 0. The molecule has 0 aliphatic carbocycles. The number of para-hydroxylation sites is 2. The van der Waals surface area contributed by atoms with Crippen LogP contribution in [0, 0.1) is 0 Å². The molecule has 2 aromatic carbocycles. The van der Waals surface area contributed by atoms with E-state index in [2.05, 4.69) is 60.5 Å². The van der Waals surface area contributed by atoms with Crippen molar-refractivity contribution in [3.8, 4) is 0 Å². The first kappa shape index (κ1) is 15.1. The van der Waals surface area contributed by atoms with Crippen molar-refractivity contribution in [2.24, 2.45) is 0 Å². The molecule has 0 N–H and O–H groups in total. The number of hydrogen-bond donors (Lipinski definition) is 0. The Morgan fingerprint density at radius 1 is 0.737 bits per heavy atom. The maximum Gasteiger partial charge on any atom is 1.00 e. The molecule has 0 aliphatic rings. The van der Waals surface area contributed by atoms with Gasteiger partial charge >= 0.3 is 8.68 Å². The van der Waals surface area contributed by atoms with E-state index in [0.29, 0.717) is 0 Å². The molecule has 0 unspecified atom stereocenters. The third kappa shape index (κ3) is 6.50. The summed E-state index contributed by atoms with van der Waals surface area (Å²) in [5.74, 6) is 0. The molecule has 0 heterocycles. The van der Waals surface area contributed by atoms with E-state index in [0.717, 1.165) is 0 Å². The lowest BCUT2D eigenvalue weighted by Gasteiger charge is -2.18. The lowest BCUT2D eigenvalue weighted by molar-refractivity contribution is 0.368. The van der Waals surface area contributed by atoms with Crippen LogP contribution in [0.5, 0.6) is 0 Å². The average Bonchev–Trinajstić information content (AvgIpc) is 2.38. The Hall–Kier alpha value is -1.98. The fourth-order valence-corrected chi connectivity index (χ4v) is 1.45. The van der Waals surface area contributed by atoms with E-state index in [9.17, 15) is 17.3 Å². The topological polar surface area (TPSA) is 3.24 Å². The largest absolute Gasteiger partial charge is 1.00 e. The summed E-state index contributed by atoms with van der Waals surface area (Å²) in [6.45, 7) is 0. The highest BCUT2D eigenvalue weighted by Crippen LogP contribution is 2.21. The lowest BCUT2D eigenvalue weighted by atomic mass is 10.2. The molecule has 0 spiro atoms. The van der Waals surface area contributed by atoms with Crippen LogP contribution in [0.15, 0.2) is 60.7 Å². The van der Waals surface area contributed by atoms with Gasteiger partial charge in [-0.25, -0.2) is 0 Å². The maximum atomic E-state index is 9.75. The third-order valence-corrected chi connectivity index (χ3v) is 2.29. The van der Waals surface area contributed by atoms with Gasteiger partial charge in [-0.15, -0.1) is 0 Å². The van der Waals surface area contributed by atoms with Crippen LogP contribution in [0.4, 0.5) is 28.6 Å². The number of anilines is 2. The van der Waals surface area contributed by atoms with Crippen molar-refractivity contribution in [3.05, 3.63) is 60.7 Å². The van der Waals surface area contributed by atoms with Crippen LogP contribution < -0.4 is 4.90 Å². The molecule has 0 saturated carbocycles. The smallest absolute Gasteiger partial charge is 0.418 e. The fourth-order valence-electron chi connectivity index (χ4n) is 1.45. The van der Waals surface area contributed by atoms with Crippen molar-refractivity contribution in [3.63, 3.8) is 0 Å². The molecule has 2 aromatic rings. The first-order chi connectivity index (χ1) is 8.88. The van der Waals surface area contributed by atoms with E-state index >= 15 is 0 Å². The minimum atomic E-state index is -6.00. The molecule has 0 aromatic heterocycles. The van der Waals surface area contributed by atoms with Crippen LogP contribution >= 0.6 is 0 Å². The van der Waals surface area contributed by atoms with Crippen LogP contribution in [0.25, 0.3) is 0 Å². The van der Waals surface area contributed by atoms with E-state index in [-0.39, 0.29) is 1.43 Å². The number of nitrogens with zero attached hydrogens (tertiary/aromatic N) is 1. The van der Waals surface area contributed by atoms with Gasteiger partial charge in [0.2, 0.25) is 0 Å². The second-order valence-electron chi connectivity index (χ2n) is 3.72. The maximum absolute atomic E-state index is 9.75. The zero-order valence-corrected chi connectivity index (χ0v) is 10.3. The molecule has 19 heavy (non-hydrogen) atoms. The highest BCUT2D eigenvalue weighted by Gasteiger charge is 2.20. The molecule has 0 aliphatic heterocycles. The van der Waals surface area contributed by atoms with Gasteiger partial charge in [-0.2, -0.15) is 0 Å². The Kier molecular flexibility index (Phi) is 5.42. The Morgan fingerprint density at radius 2 is 1.00 bits per heavy atom. The third-order valence-electron chi connectivity index (χ3n) is 2.29. The van der Waals surface area contributed by atoms with Crippen molar-refractivity contribution >= 4 is 18.6 Å². The van der Waals surface area contributed by atoms with Gasteiger partial charge in [0.05, 0.1) is 0 Å². The second-order valence-corrected chi connectivity index (χ2v) is 3.72. The Labute approximate surface area is 111 Å². The number of benzene rings is 2. The molecule has 102 valence electrons. The highest BCUT2D eigenvalue weighted by molar-refractivity contribution is 6.50. The minimum Gasteiger partial charge on any atom is -0.418 e. The number of halogens is 4. The first-order valence-electron chi connectivity index (χ1n) is 5.59. The van der Waals surface area contributed by atoms with Crippen molar-refractivity contribution < 1.29 is 18.7 Å². The van der Waals surface area contributed by atoms with E-state index in [4.69, 9.17) is 0 Å². The molecular formula is C13H14BF4N. The molecule has 0 saturated heterocycles. The van der Waals surface area contributed by atoms with E-state index < -0.39 is 7.25 Å². The molecule has 1 nitrogen and oxygen atoms in total. The molecule has 0 atom stereocenters. The zero-order valence-electron chi connectivity index (χ0n) is 11.3. The second kappa shape index (κ2) is 6.82. The normalized spacial score (nSPS) is 10.4. The molecular weight excluding hydrogens is 257 g/mol. The van der Waals surface area contributed by atoms with Crippen LogP contribution in [-0.4, -0.2) is 14.3 Å². The molecule has 6 heteroatoms. The van der Waals surface area contributed by atoms with E-state index in [1.807, 2.05) is 12.1 Å². The van der Waals surface area contributed by atoms with E-state index in [1.54, 1.807) is 0 Å². The summed E-state index contributed by atoms with van der Waals surface area (Å²) >= 11 is 0. The Bertz CT molecular complexity index is 433. The zero-order chi connectivity index (χ0) is 14.3. The number of hydrogen-bond acceptors (Lipinski definition) is 1. The van der Waals surface area contributed by atoms with Crippen LogP contribution in [0.1, 0.15) is 1.43 Å². The fraction of sp³-hybridized carbons (Fsp3) is 0.0769. The Balaban J connectivity index is 0.000000526. The van der Waals surface area contributed by atoms with Gasteiger partial charge < -0.3 is 22.2 Å². The van der Waals surface area contributed by atoms with Gasteiger partial charge in [0.25, 0.3) is 0 Å². The van der Waals surface area contributed by atoms with Gasteiger partial charge in [0, 0.05) is 18.4 Å². The Morgan fingerprint density at radius 3 is 1.26 bits per heavy atom. The predicted octanol–water partition coefficient (Wildman–Crippen LogP) is 4.87. The molecule has 0 fully saturated rings. The summed E-state index contributed by atoms with van der Waals surface area (Å²) in [4.78, 5) is 2.17. The summed E-state index contributed by atoms with van der Waals surface area (Å²) in [6.07, 6.45) is 0. The monoisotopic (exact) mass is 271 g/mol. The highest BCUT2D eigenvalue weighted by atomic mass is 19.5. The standard InChI is InChI=1S/C13H13N.BF4/c1-14(12-8-4-2-5-9-12)13-10-6-3-7-11-13;2-1(3,4)5/h2-11H,1H3;/q;-1/p+1. The van der Waals surface area contributed by atoms with Crippen LogP contribution in [0.3, 0.4) is 0 Å². The van der Waals surface area contributed by atoms with Gasteiger partial charge in [-0.1, -0.05) is 36.4 Å². The van der Waals surface area contributed by atoms with Crippen LogP contribution in [0.2, 0.25) is 0 Å². The van der Waals surface area contributed by atoms with Gasteiger partial charge in [-0.05, 0) is 24.3 Å². The van der Waals surface area contributed by atoms with E-state index in [1.165, 1.54) is 11.4 Å². The van der Waals surface area contributed by atoms with Gasteiger partial charge in [0.1, 0.15) is 0 Å². The van der Waals surface area contributed by atoms with Gasteiger partial charge in [0.15, 0.2) is 0 Å². The van der Waals surface area contributed by atoms with Crippen molar-refractivity contribution in [1.82, 2.24) is 0 Å². The summed E-state index contributed by atoms with van der Waals surface area (Å²) in [5.41, 5.74) is 2.41. The SMILES string of the molecule is CN(c1ccccc1)c1ccccc1.F[B-](F)(F)F.[H+]. The minimum absolute atomic E-state index is 0. The predicted molar refractivity (Wildman–Crippen MR) is 72.2 cm³/mol. The van der Waals surface area contributed by atoms with Crippen LogP contribution in [-0.2, 0) is 0 Å². The summed E-state index contributed by atoms with van der Waals surface area (Å²) in [6, 6.07) is 20.7. The van der Waals surface area contributed by atoms with Crippen molar-refractivity contribution in [2.45, 2.75) is 0 Å². The van der Waals surface area contributed by atoms with Crippen molar-refractivity contribution in [2.75, 3.05) is 11.9 Å². The van der Waals surface area contributed by atoms with Crippen molar-refractivity contribution in [1.29, 1.82) is 0 Å². The first-order valence-corrected chi connectivity index (χ1v) is 5.59. The molecule has 2 rings (SSSR count). The summed E-state index contributed by atoms with van der Waals surface area (Å²) < 4.78 is 39.0. The molecule has 0 amide bonds. The lowest BCUT2D eigenvalue weighted by Crippen LogP contribution is -2.08. The molecule has 0 bridgehead atoms. The average molecular weight is 271 g/mol. The quantitative estimate of drug-likeness (QED) is 0.556. The molecule has 0 radical (unpaired) electrons. The number of rotatable bonds is 2. The van der Waals surface area contributed by atoms with Gasteiger partial charge in [-0.3, -0.25) is 0 Å².